The van der Waals surface area contributed by atoms with E-state index in [-0.39, 0.29) is 11.7 Å². The Hall–Kier alpha value is -3.08. The lowest BCUT2D eigenvalue weighted by atomic mass is 9.99. The van der Waals surface area contributed by atoms with E-state index in [4.69, 9.17) is 4.42 Å². The molecule has 3 aromatic rings. The lowest BCUT2D eigenvalue weighted by Gasteiger charge is -2.09. The van der Waals surface area contributed by atoms with Crippen LogP contribution in [0, 0.1) is 6.92 Å². The SMILES string of the molecule is CC(=O)NN=C(C)Cc1ccc(O)c(-c2ccc3oc(C)cc3c2)c1. The number of nitrogens with zero attached hydrogens (tertiary/aromatic N) is 1. The van der Waals surface area contributed by atoms with Gasteiger partial charge in [-0.25, -0.2) is 5.43 Å². The fraction of sp³-hybridized carbons (Fsp3) is 0.200. The normalized spacial score (nSPS) is 11.7. The van der Waals surface area contributed by atoms with Gasteiger partial charge in [-0.15, -0.1) is 0 Å². The third-order valence-corrected chi connectivity index (χ3v) is 3.88. The topological polar surface area (TPSA) is 74.8 Å². The van der Waals surface area contributed by atoms with Gasteiger partial charge in [-0.3, -0.25) is 4.79 Å². The van der Waals surface area contributed by atoms with Crippen LogP contribution in [0.3, 0.4) is 0 Å². The van der Waals surface area contributed by atoms with E-state index in [9.17, 15) is 9.90 Å². The monoisotopic (exact) mass is 336 g/mol. The molecule has 0 spiro atoms. The third kappa shape index (κ3) is 3.88. The molecule has 2 aromatic carbocycles. The molecule has 0 bridgehead atoms. The van der Waals surface area contributed by atoms with Crippen LogP contribution in [-0.4, -0.2) is 16.7 Å². The predicted octanol–water partition coefficient (Wildman–Crippen LogP) is 4.17. The number of hydrazone groups is 1. The quantitative estimate of drug-likeness (QED) is 0.555. The maximum atomic E-state index is 10.9. The van der Waals surface area contributed by atoms with E-state index in [1.165, 1.54) is 6.92 Å². The van der Waals surface area contributed by atoms with Gasteiger partial charge in [0.25, 0.3) is 0 Å². The minimum Gasteiger partial charge on any atom is -0.507 e. The number of furan rings is 1. The van der Waals surface area contributed by atoms with Crippen LogP contribution in [0.15, 0.2) is 52.0 Å². The second-order valence-electron chi connectivity index (χ2n) is 6.15. The molecule has 0 saturated carbocycles. The van der Waals surface area contributed by atoms with Crippen molar-refractivity contribution in [2.75, 3.05) is 0 Å². The summed E-state index contributed by atoms with van der Waals surface area (Å²) in [6, 6.07) is 13.3. The Morgan fingerprint density at radius 2 is 1.96 bits per heavy atom. The van der Waals surface area contributed by atoms with Crippen LogP contribution >= 0.6 is 0 Å². The average Bonchev–Trinajstić information content (AvgIpc) is 2.94. The van der Waals surface area contributed by atoms with Crippen molar-refractivity contribution in [1.29, 1.82) is 0 Å². The Balaban J connectivity index is 1.92. The Labute approximate surface area is 146 Å². The van der Waals surface area contributed by atoms with E-state index >= 15 is 0 Å². The molecule has 25 heavy (non-hydrogen) atoms. The van der Waals surface area contributed by atoms with E-state index in [0.717, 1.165) is 39.1 Å². The highest BCUT2D eigenvalue weighted by molar-refractivity contribution is 5.88. The number of phenols is 1. The molecule has 0 aliphatic carbocycles. The Morgan fingerprint density at radius 3 is 2.72 bits per heavy atom. The first-order valence-electron chi connectivity index (χ1n) is 8.04. The van der Waals surface area contributed by atoms with Crippen molar-refractivity contribution in [2.45, 2.75) is 27.2 Å². The molecular formula is C20H20N2O3. The molecule has 128 valence electrons. The highest BCUT2D eigenvalue weighted by Gasteiger charge is 2.09. The minimum atomic E-state index is -0.200. The maximum absolute atomic E-state index is 10.9. The van der Waals surface area contributed by atoms with Gasteiger partial charge in [0.05, 0.1) is 0 Å². The molecule has 5 heteroatoms. The van der Waals surface area contributed by atoms with Crippen molar-refractivity contribution in [3.05, 3.63) is 53.8 Å². The van der Waals surface area contributed by atoms with Gasteiger partial charge in [-0.05, 0) is 55.3 Å². The predicted molar refractivity (Wildman–Crippen MR) is 98.7 cm³/mol. The third-order valence-electron chi connectivity index (χ3n) is 3.88. The molecule has 1 amide bonds. The summed E-state index contributed by atoms with van der Waals surface area (Å²) in [7, 11) is 0. The number of aryl methyl sites for hydroxylation is 1. The number of hydrogen-bond acceptors (Lipinski definition) is 4. The van der Waals surface area contributed by atoms with Crippen LogP contribution in [0.1, 0.15) is 25.2 Å². The van der Waals surface area contributed by atoms with Crippen LogP contribution in [0.4, 0.5) is 0 Å². The maximum Gasteiger partial charge on any atom is 0.236 e. The largest absolute Gasteiger partial charge is 0.507 e. The first-order valence-corrected chi connectivity index (χ1v) is 8.04. The van der Waals surface area contributed by atoms with Crippen LogP contribution in [0.25, 0.3) is 22.1 Å². The van der Waals surface area contributed by atoms with Gasteiger partial charge in [0.2, 0.25) is 5.91 Å². The lowest BCUT2D eigenvalue weighted by Crippen LogP contribution is -2.15. The van der Waals surface area contributed by atoms with Gasteiger partial charge in [-0.1, -0.05) is 12.1 Å². The fourth-order valence-electron chi connectivity index (χ4n) is 2.78. The van der Waals surface area contributed by atoms with E-state index < -0.39 is 0 Å². The molecule has 1 aromatic heterocycles. The number of nitrogens with one attached hydrogen (secondary N) is 1. The number of phenolic OH excluding ortho intramolecular Hbond substituents is 1. The average molecular weight is 336 g/mol. The number of amides is 1. The molecule has 0 saturated heterocycles. The van der Waals surface area contributed by atoms with E-state index in [1.54, 1.807) is 6.07 Å². The van der Waals surface area contributed by atoms with Crippen LogP contribution in [0.2, 0.25) is 0 Å². The first kappa shape index (κ1) is 16.8. The minimum absolute atomic E-state index is 0.200. The number of benzene rings is 2. The number of fused-ring (bicyclic) bond motifs is 1. The first-order chi connectivity index (χ1) is 11.9. The van der Waals surface area contributed by atoms with Gasteiger partial charge < -0.3 is 9.52 Å². The van der Waals surface area contributed by atoms with E-state index in [1.807, 2.05) is 50.2 Å². The Kier molecular flexibility index (Phi) is 4.57. The highest BCUT2D eigenvalue weighted by Crippen LogP contribution is 2.33. The molecule has 0 aliphatic heterocycles. The summed E-state index contributed by atoms with van der Waals surface area (Å²) in [5.41, 5.74) is 6.73. The number of rotatable bonds is 4. The smallest absolute Gasteiger partial charge is 0.236 e. The summed E-state index contributed by atoms with van der Waals surface area (Å²) in [5, 5.41) is 15.3. The summed E-state index contributed by atoms with van der Waals surface area (Å²) in [6.07, 6.45) is 0.584. The van der Waals surface area contributed by atoms with Crippen LogP contribution < -0.4 is 5.43 Å². The lowest BCUT2D eigenvalue weighted by molar-refractivity contribution is -0.118. The van der Waals surface area contributed by atoms with Crippen molar-refractivity contribution < 1.29 is 14.3 Å². The van der Waals surface area contributed by atoms with Gasteiger partial charge >= 0.3 is 0 Å². The number of hydrogen-bond donors (Lipinski definition) is 2. The molecule has 3 rings (SSSR count). The van der Waals surface area contributed by atoms with Crippen molar-refractivity contribution in [1.82, 2.24) is 5.43 Å². The van der Waals surface area contributed by atoms with Crippen LogP contribution in [0.5, 0.6) is 5.75 Å². The second kappa shape index (κ2) is 6.81. The molecular weight excluding hydrogens is 316 g/mol. The Bertz CT molecular complexity index is 970. The molecule has 2 N–H and O–H groups in total. The zero-order valence-electron chi connectivity index (χ0n) is 14.5. The number of carbonyl (C=O) groups is 1. The van der Waals surface area contributed by atoms with Crippen molar-refractivity contribution in [2.24, 2.45) is 5.10 Å². The van der Waals surface area contributed by atoms with Crippen molar-refractivity contribution in [3.8, 4) is 16.9 Å². The second-order valence-corrected chi connectivity index (χ2v) is 6.15. The summed E-state index contributed by atoms with van der Waals surface area (Å²) in [6.45, 7) is 5.18. The zero-order valence-corrected chi connectivity index (χ0v) is 14.5. The van der Waals surface area contributed by atoms with Crippen molar-refractivity contribution in [3.63, 3.8) is 0 Å². The van der Waals surface area contributed by atoms with E-state index in [0.29, 0.717) is 6.42 Å². The summed E-state index contributed by atoms with van der Waals surface area (Å²) < 4.78 is 5.60. The zero-order chi connectivity index (χ0) is 18.0. The highest BCUT2D eigenvalue weighted by atomic mass is 16.3. The van der Waals surface area contributed by atoms with Gasteiger partial charge in [-0.2, -0.15) is 5.10 Å². The Morgan fingerprint density at radius 1 is 1.16 bits per heavy atom. The standard InChI is InChI=1S/C20H20N2O3/c1-12(21-22-14(3)23)8-15-4-6-19(24)18(10-15)16-5-7-20-17(11-16)9-13(2)25-20/h4-7,9-11,24H,8H2,1-3H3,(H,22,23). The number of aromatic hydroxyl groups is 1. The molecule has 0 atom stereocenters. The summed E-state index contributed by atoms with van der Waals surface area (Å²) in [4.78, 5) is 10.9. The van der Waals surface area contributed by atoms with E-state index in [2.05, 4.69) is 10.5 Å². The number of carbonyl (C=O) groups excluding carboxylic acids is 1. The molecule has 1 heterocycles. The van der Waals surface area contributed by atoms with Gasteiger partial charge in [0.15, 0.2) is 0 Å². The summed E-state index contributed by atoms with van der Waals surface area (Å²) in [5.74, 6) is 0.879. The van der Waals surface area contributed by atoms with Gasteiger partial charge in [0, 0.05) is 30.0 Å². The summed E-state index contributed by atoms with van der Waals surface area (Å²) >= 11 is 0. The molecule has 0 unspecified atom stereocenters. The fourth-order valence-corrected chi connectivity index (χ4v) is 2.78. The van der Waals surface area contributed by atoms with Gasteiger partial charge in [0.1, 0.15) is 17.1 Å². The molecule has 0 aliphatic rings. The van der Waals surface area contributed by atoms with Crippen molar-refractivity contribution >= 4 is 22.6 Å². The molecule has 0 fully saturated rings. The molecule has 5 nitrogen and oxygen atoms in total. The molecule has 0 radical (unpaired) electrons. The van der Waals surface area contributed by atoms with Crippen LogP contribution in [-0.2, 0) is 11.2 Å².